The van der Waals surface area contributed by atoms with Crippen molar-refractivity contribution in [2.45, 2.75) is 22.6 Å². The fourth-order valence-electron chi connectivity index (χ4n) is 2.45. The Labute approximate surface area is 159 Å². The Kier molecular flexibility index (Phi) is 5.78. The maximum Gasteiger partial charge on any atom is 0.257 e. The largest absolute Gasteiger partial charge is 0.326 e. The van der Waals surface area contributed by atoms with Crippen LogP contribution < -0.4 is 15.6 Å². The zero-order chi connectivity index (χ0) is 19.4. The van der Waals surface area contributed by atoms with Crippen LogP contribution in [0.25, 0.3) is 0 Å². The van der Waals surface area contributed by atoms with Gasteiger partial charge in [-0.1, -0.05) is 12.1 Å². The first-order valence-electron chi connectivity index (χ1n) is 7.96. The molecule has 2 aromatic rings. The van der Waals surface area contributed by atoms with Crippen molar-refractivity contribution < 1.29 is 22.4 Å². The van der Waals surface area contributed by atoms with Crippen molar-refractivity contribution in [3.05, 3.63) is 53.8 Å². The van der Waals surface area contributed by atoms with Gasteiger partial charge in [-0.05, 0) is 42.3 Å². The number of sulfonamides is 1. The van der Waals surface area contributed by atoms with Gasteiger partial charge in [0.05, 0.1) is 10.6 Å². The molecular weight excluding hydrogens is 393 g/mol. The molecule has 0 saturated heterocycles. The normalized spacial score (nSPS) is 13.6. The molecule has 142 valence electrons. The smallest absolute Gasteiger partial charge is 0.257 e. The summed E-state index contributed by atoms with van der Waals surface area (Å²) in [7, 11) is -3.97. The van der Waals surface area contributed by atoms with E-state index in [0.29, 0.717) is 22.6 Å². The van der Waals surface area contributed by atoms with Crippen LogP contribution in [-0.4, -0.2) is 26.0 Å². The molecule has 0 bridgehead atoms. The number of fused-ring (bicyclic) bond motifs is 1. The van der Waals surface area contributed by atoms with Gasteiger partial charge in [-0.15, -0.1) is 16.6 Å². The second-order valence-corrected chi connectivity index (χ2v) is 8.44. The maximum absolute atomic E-state index is 13.5. The van der Waals surface area contributed by atoms with Crippen LogP contribution in [0.15, 0.2) is 52.3 Å². The molecule has 10 heteroatoms. The first-order valence-corrected chi connectivity index (χ1v) is 10.4. The minimum atomic E-state index is -3.97. The molecular formula is C17H16FN3O4S2. The number of carbonyl (C=O) groups is 2. The van der Waals surface area contributed by atoms with Crippen LogP contribution in [0.5, 0.6) is 0 Å². The highest BCUT2D eigenvalue weighted by atomic mass is 32.2. The number of benzene rings is 2. The fraction of sp³-hybridized carbons (Fsp3) is 0.176. The molecule has 3 rings (SSSR count). The average molecular weight is 409 g/mol. The standard InChI is InChI=1S/C17H16FN3O4S2/c18-13-3-1-2-4-15(13)26-10-17(23)20-21-27(24,25)12-6-7-14-11(9-12)5-8-16(22)19-14/h1-4,6-7,9,21H,5,8,10H2,(H,19,22)(H,20,23). The molecule has 0 radical (unpaired) electrons. The average Bonchev–Trinajstić information content (AvgIpc) is 2.65. The summed E-state index contributed by atoms with van der Waals surface area (Å²) >= 11 is 0.958. The van der Waals surface area contributed by atoms with E-state index in [2.05, 4.69) is 10.7 Å². The summed E-state index contributed by atoms with van der Waals surface area (Å²) in [6.07, 6.45) is 0.726. The Morgan fingerprint density at radius 1 is 1.19 bits per heavy atom. The number of nitrogens with one attached hydrogen (secondary N) is 3. The van der Waals surface area contributed by atoms with E-state index in [0.717, 1.165) is 11.8 Å². The predicted molar refractivity (Wildman–Crippen MR) is 99.0 cm³/mol. The van der Waals surface area contributed by atoms with Crippen LogP contribution >= 0.6 is 11.8 Å². The van der Waals surface area contributed by atoms with E-state index in [-0.39, 0.29) is 23.0 Å². The molecule has 1 aliphatic rings. The van der Waals surface area contributed by atoms with E-state index in [1.54, 1.807) is 6.07 Å². The molecule has 0 aromatic heterocycles. The summed E-state index contributed by atoms with van der Waals surface area (Å²) in [6.45, 7) is 0. The Morgan fingerprint density at radius 2 is 1.96 bits per heavy atom. The third kappa shape index (κ3) is 4.85. The number of rotatable bonds is 6. The lowest BCUT2D eigenvalue weighted by atomic mass is 10.0. The second-order valence-electron chi connectivity index (χ2n) is 5.74. The Balaban J connectivity index is 1.59. The third-order valence-corrected chi connectivity index (χ3v) is 6.10. The molecule has 1 aliphatic heterocycles. The quantitative estimate of drug-likeness (QED) is 0.499. The number of aryl methyl sites for hydroxylation is 1. The van der Waals surface area contributed by atoms with Gasteiger partial charge in [-0.3, -0.25) is 15.0 Å². The van der Waals surface area contributed by atoms with E-state index in [1.165, 1.54) is 36.4 Å². The number of halogens is 1. The van der Waals surface area contributed by atoms with Crippen LogP contribution in [0, 0.1) is 5.82 Å². The lowest BCUT2D eigenvalue weighted by Crippen LogP contribution is -2.42. The number of thioether (sulfide) groups is 1. The Hall–Kier alpha value is -2.43. The highest BCUT2D eigenvalue weighted by molar-refractivity contribution is 8.00. The van der Waals surface area contributed by atoms with E-state index in [9.17, 15) is 22.4 Å². The van der Waals surface area contributed by atoms with Crippen molar-refractivity contribution in [1.82, 2.24) is 10.3 Å². The molecule has 0 spiro atoms. The zero-order valence-corrected chi connectivity index (χ0v) is 15.6. The van der Waals surface area contributed by atoms with Gasteiger partial charge < -0.3 is 5.32 Å². The molecule has 1 heterocycles. The topological polar surface area (TPSA) is 104 Å². The fourth-order valence-corrected chi connectivity index (χ4v) is 4.10. The summed E-state index contributed by atoms with van der Waals surface area (Å²) in [5.41, 5.74) is 3.39. The van der Waals surface area contributed by atoms with Gasteiger partial charge in [0.15, 0.2) is 0 Å². The van der Waals surface area contributed by atoms with Gasteiger partial charge in [0, 0.05) is 17.0 Å². The lowest BCUT2D eigenvalue weighted by Gasteiger charge is -2.17. The van der Waals surface area contributed by atoms with Gasteiger partial charge >= 0.3 is 0 Å². The van der Waals surface area contributed by atoms with Crippen LogP contribution in [0.4, 0.5) is 10.1 Å². The van der Waals surface area contributed by atoms with Gasteiger partial charge in [0.1, 0.15) is 5.82 Å². The Bertz CT molecular complexity index is 995. The molecule has 0 fully saturated rings. The number of hydrogen-bond donors (Lipinski definition) is 3. The van der Waals surface area contributed by atoms with E-state index in [1.807, 2.05) is 4.83 Å². The molecule has 0 unspecified atom stereocenters. The molecule has 2 aromatic carbocycles. The molecule has 27 heavy (non-hydrogen) atoms. The van der Waals surface area contributed by atoms with Gasteiger partial charge in [-0.2, -0.15) is 0 Å². The van der Waals surface area contributed by atoms with E-state index < -0.39 is 21.7 Å². The first kappa shape index (κ1) is 19.3. The lowest BCUT2D eigenvalue weighted by molar-refractivity contribution is -0.119. The summed E-state index contributed by atoms with van der Waals surface area (Å²) < 4.78 is 38.2. The number of hydrogen-bond acceptors (Lipinski definition) is 5. The number of anilines is 1. The summed E-state index contributed by atoms with van der Waals surface area (Å²) in [5, 5.41) is 2.67. The minimum Gasteiger partial charge on any atom is -0.326 e. The van der Waals surface area contributed by atoms with Gasteiger partial charge in [0.2, 0.25) is 11.8 Å². The number of amides is 2. The molecule has 0 aliphatic carbocycles. The SMILES string of the molecule is O=C(CSc1ccccc1F)NNS(=O)(=O)c1ccc2c(c1)CCC(=O)N2. The maximum atomic E-state index is 13.5. The van der Waals surface area contributed by atoms with Crippen molar-refractivity contribution in [2.75, 3.05) is 11.1 Å². The van der Waals surface area contributed by atoms with Crippen LogP contribution in [0.3, 0.4) is 0 Å². The number of hydrazine groups is 1. The molecule has 7 nitrogen and oxygen atoms in total. The van der Waals surface area contributed by atoms with E-state index in [4.69, 9.17) is 0 Å². The van der Waals surface area contributed by atoms with E-state index >= 15 is 0 Å². The molecule has 0 saturated carbocycles. The summed E-state index contributed by atoms with van der Waals surface area (Å²) in [4.78, 5) is 25.5. The van der Waals surface area contributed by atoms with Crippen LogP contribution in [-0.2, 0) is 26.0 Å². The van der Waals surface area contributed by atoms with Crippen molar-refractivity contribution in [1.29, 1.82) is 0 Å². The van der Waals surface area contributed by atoms with Crippen LogP contribution in [0.2, 0.25) is 0 Å². The Morgan fingerprint density at radius 3 is 2.74 bits per heavy atom. The molecule has 3 N–H and O–H groups in total. The van der Waals surface area contributed by atoms with Crippen molar-refractivity contribution in [3.63, 3.8) is 0 Å². The second kappa shape index (κ2) is 8.07. The highest BCUT2D eigenvalue weighted by Gasteiger charge is 2.20. The van der Waals surface area contributed by atoms with Crippen molar-refractivity contribution in [2.24, 2.45) is 0 Å². The summed E-state index contributed by atoms with van der Waals surface area (Å²) in [5.74, 6) is -1.33. The number of carbonyl (C=O) groups excluding carboxylic acids is 2. The zero-order valence-electron chi connectivity index (χ0n) is 14.0. The highest BCUT2D eigenvalue weighted by Crippen LogP contribution is 2.25. The van der Waals surface area contributed by atoms with Gasteiger partial charge in [0.25, 0.3) is 10.0 Å². The van der Waals surface area contributed by atoms with Crippen LogP contribution in [0.1, 0.15) is 12.0 Å². The monoisotopic (exact) mass is 409 g/mol. The van der Waals surface area contributed by atoms with Crippen molar-refractivity contribution >= 4 is 39.3 Å². The predicted octanol–water partition coefficient (Wildman–Crippen LogP) is 1.81. The van der Waals surface area contributed by atoms with Crippen molar-refractivity contribution in [3.8, 4) is 0 Å². The molecule has 0 atom stereocenters. The molecule has 2 amide bonds. The minimum absolute atomic E-state index is 0.0283. The summed E-state index contributed by atoms with van der Waals surface area (Å²) in [6, 6.07) is 10.3. The first-order chi connectivity index (χ1) is 12.8. The van der Waals surface area contributed by atoms with Gasteiger partial charge in [-0.25, -0.2) is 12.8 Å². The third-order valence-electron chi connectivity index (χ3n) is 3.80.